The van der Waals surface area contributed by atoms with Crippen molar-refractivity contribution in [3.8, 4) is 0 Å². The zero-order valence-corrected chi connectivity index (χ0v) is 15.2. The van der Waals surface area contributed by atoms with Crippen molar-refractivity contribution >= 4 is 40.7 Å². The second-order valence-corrected chi connectivity index (χ2v) is 6.76. The molecule has 0 saturated heterocycles. The summed E-state index contributed by atoms with van der Waals surface area (Å²) in [7, 11) is 0. The average Bonchev–Trinajstić information content (AvgIpc) is 2.58. The third kappa shape index (κ3) is 5.25. The quantitative estimate of drug-likeness (QED) is 0.749. The van der Waals surface area contributed by atoms with Crippen molar-refractivity contribution in [2.75, 3.05) is 18.4 Å². The van der Waals surface area contributed by atoms with Gasteiger partial charge in [0, 0.05) is 17.5 Å². The molecule has 0 spiro atoms. The van der Waals surface area contributed by atoms with Gasteiger partial charge in [0.1, 0.15) is 0 Å². The molecule has 0 aromatic heterocycles. The Hall–Kier alpha value is -1.52. The fraction of sp³-hybridized carbons (Fsp3) is 0.444. The van der Waals surface area contributed by atoms with Gasteiger partial charge in [-0.05, 0) is 43.9 Å². The van der Waals surface area contributed by atoms with Crippen LogP contribution in [-0.4, -0.2) is 29.8 Å². The first-order valence-corrected chi connectivity index (χ1v) is 8.95. The molecule has 1 aromatic rings. The van der Waals surface area contributed by atoms with Crippen LogP contribution in [0.1, 0.15) is 32.6 Å². The second-order valence-electron chi connectivity index (χ2n) is 5.91. The minimum absolute atomic E-state index is 0.0235. The van der Waals surface area contributed by atoms with Gasteiger partial charge in [0.15, 0.2) is 0 Å². The first-order chi connectivity index (χ1) is 11.5. The molecular weight excluding hydrogens is 347 g/mol. The van der Waals surface area contributed by atoms with E-state index in [4.69, 9.17) is 23.2 Å². The Bertz CT molecular complexity index is 631. The number of hydrogen-bond acceptors (Lipinski definition) is 2. The summed E-state index contributed by atoms with van der Waals surface area (Å²) in [6.45, 7) is 2.58. The van der Waals surface area contributed by atoms with Crippen LogP contribution in [0.4, 0.5) is 5.69 Å². The molecule has 0 fully saturated rings. The van der Waals surface area contributed by atoms with Crippen LogP contribution in [0.5, 0.6) is 0 Å². The minimum atomic E-state index is -0.271. The number of carbonyl (C=O) groups excluding carboxylic acids is 2. The monoisotopic (exact) mass is 368 g/mol. The molecule has 4 nitrogen and oxygen atoms in total. The smallest absolute Gasteiger partial charge is 0.244 e. The topological polar surface area (TPSA) is 49.4 Å². The van der Waals surface area contributed by atoms with Crippen molar-refractivity contribution in [3.63, 3.8) is 0 Å². The lowest BCUT2D eigenvalue weighted by molar-refractivity contribution is -0.138. The first-order valence-electron chi connectivity index (χ1n) is 8.20. The van der Waals surface area contributed by atoms with Crippen molar-refractivity contribution in [2.45, 2.75) is 32.6 Å². The van der Waals surface area contributed by atoms with Crippen LogP contribution in [-0.2, 0) is 9.59 Å². The Labute approximate surface area is 152 Å². The molecule has 1 N–H and O–H groups in total. The van der Waals surface area contributed by atoms with E-state index in [0.717, 1.165) is 25.7 Å². The second kappa shape index (κ2) is 9.09. The molecule has 0 heterocycles. The highest BCUT2D eigenvalue weighted by atomic mass is 35.5. The standard InChI is InChI=1S/C18H22Cl2N2O2/c1-2-10-22(18(24)13-6-4-3-5-7-13)12-17(23)21-16-11-14(19)8-9-15(16)20/h3-4,8-9,11,13H,2,5-7,10,12H2,1H3,(H,21,23). The highest BCUT2D eigenvalue weighted by Gasteiger charge is 2.25. The van der Waals surface area contributed by atoms with E-state index in [2.05, 4.69) is 11.4 Å². The van der Waals surface area contributed by atoms with Gasteiger partial charge in [0.25, 0.3) is 0 Å². The van der Waals surface area contributed by atoms with Gasteiger partial charge >= 0.3 is 0 Å². The van der Waals surface area contributed by atoms with E-state index in [1.165, 1.54) is 0 Å². The van der Waals surface area contributed by atoms with E-state index in [1.807, 2.05) is 13.0 Å². The molecule has 0 radical (unpaired) electrons. The number of benzene rings is 1. The van der Waals surface area contributed by atoms with Crippen molar-refractivity contribution in [2.24, 2.45) is 5.92 Å². The van der Waals surface area contributed by atoms with Crippen molar-refractivity contribution in [1.82, 2.24) is 4.90 Å². The van der Waals surface area contributed by atoms with E-state index >= 15 is 0 Å². The van der Waals surface area contributed by atoms with Gasteiger partial charge in [0.05, 0.1) is 17.3 Å². The number of nitrogens with one attached hydrogen (secondary N) is 1. The van der Waals surface area contributed by atoms with Crippen LogP contribution in [0.2, 0.25) is 10.0 Å². The first kappa shape index (κ1) is 18.8. The van der Waals surface area contributed by atoms with Gasteiger partial charge in [-0.15, -0.1) is 0 Å². The number of nitrogens with zero attached hydrogens (tertiary/aromatic N) is 1. The normalized spacial score (nSPS) is 16.7. The van der Waals surface area contributed by atoms with Crippen LogP contribution in [0.3, 0.4) is 0 Å². The number of amides is 2. The molecule has 1 aromatic carbocycles. The Morgan fingerprint density at radius 1 is 1.29 bits per heavy atom. The molecule has 0 aliphatic heterocycles. The van der Waals surface area contributed by atoms with E-state index in [1.54, 1.807) is 23.1 Å². The summed E-state index contributed by atoms with van der Waals surface area (Å²) in [4.78, 5) is 26.6. The molecule has 6 heteroatoms. The minimum Gasteiger partial charge on any atom is -0.333 e. The zero-order chi connectivity index (χ0) is 17.5. The van der Waals surface area contributed by atoms with Gasteiger partial charge in [-0.25, -0.2) is 0 Å². The Balaban J connectivity index is 2.01. The van der Waals surface area contributed by atoms with Gasteiger partial charge in [-0.3, -0.25) is 9.59 Å². The molecule has 2 amide bonds. The third-order valence-corrected chi connectivity index (χ3v) is 4.53. The Morgan fingerprint density at radius 3 is 2.75 bits per heavy atom. The molecule has 1 aliphatic carbocycles. The predicted octanol–water partition coefficient (Wildman–Crippen LogP) is 4.53. The van der Waals surface area contributed by atoms with Gasteiger partial charge in [-0.1, -0.05) is 42.3 Å². The summed E-state index contributed by atoms with van der Waals surface area (Å²) >= 11 is 12.0. The van der Waals surface area contributed by atoms with E-state index < -0.39 is 0 Å². The molecular formula is C18H22Cl2N2O2. The average molecular weight is 369 g/mol. The predicted molar refractivity (Wildman–Crippen MR) is 98.4 cm³/mol. The van der Waals surface area contributed by atoms with Gasteiger partial charge in [-0.2, -0.15) is 0 Å². The highest BCUT2D eigenvalue weighted by Crippen LogP contribution is 2.25. The lowest BCUT2D eigenvalue weighted by atomic mass is 9.93. The van der Waals surface area contributed by atoms with Crippen LogP contribution < -0.4 is 5.32 Å². The molecule has 24 heavy (non-hydrogen) atoms. The van der Waals surface area contributed by atoms with E-state index in [9.17, 15) is 9.59 Å². The van der Waals surface area contributed by atoms with E-state index in [-0.39, 0.29) is 24.3 Å². The fourth-order valence-corrected chi connectivity index (χ4v) is 3.11. The van der Waals surface area contributed by atoms with E-state index in [0.29, 0.717) is 22.3 Å². The molecule has 1 unspecified atom stereocenters. The summed E-state index contributed by atoms with van der Waals surface area (Å²) in [6, 6.07) is 4.88. The summed E-state index contributed by atoms with van der Waals surface area (Å²) in [5.41, 5.74) is 0.457. The van der Waals surface area contributed by atoms with Gasteiger partial charge in [0.2, 0.25) is 11.8 Å². The van der Waals surface area contributed by atoms with Crippen molar-refractivity contribution in [3.05, 3.63) is 40.4 Å². The molecule has 130 valence electrons. The lowest BCUT2D eigenvalue weighted by Crippen LogP contribution is -2.42. The molecule has 1 aliphatic rings. The number of anilines is 1. The maximum atomic E-state index is 12.7. The molecule has 0 bridgehead atoms. The summed E-state index contributed by atoms with van der Waals surface area (Å²) in [5.74, 6) is -0.245. The third-order valence-electron chi connectivity index (χ3n) is 3.96. The van der Waals surface area contributed by atoms with Crippen LogP contribution in [0.15, 0.2) is 30.4 Å². The molecule has 1 atom stereocenters. The van der Waals surface area contributed by atoms with Crippen molar-refractivity contribution < 1.29 is 9.59 Å². The lowest BCUT2D eigenvalue weighted by Gasteiger charge is -2.27. The van der Waals surface area contributed by atoms with Crippen molar-refractivity contribution in [1.29, 1.82) is 0 Å². The number of allylic oxidation sites excluding steroid dienone is 2. The largest absolute Gasteiger partial charge is 0.333 e. The fourth-order valence-electron chi connectivity index (χ4n) is 2.77. The van der Waals surface area contributed by atoms with Crippen LogP contribution >= 0.6 is 23.2 Å². The number of carbonyl (C=O) groups is 2. The highest BCUT2D eigenvalue weighted by molar-refractivity contribution is 6.35. The number of halogens is 2. The summed E-state index contributed by atoms with van der Waals surface area (Å²) in [5, 5.41) is 3.64. The Kier molecular flexibility index (Phi) is 7.13. The summed E-state index contributed by atoms with van der Waals surface area (Å²) in [6.07, 6.45) is 7.46. The SMILES string of the molecule is CCCN(CC(=O)Nc1cc(Cl)ccc1Cl)C(=O)C1CC=CCC1. The maximum absolute atomic E-state index is 12.7. The molecule has 0 saturated carbocycles. The zero-order valence-electron chi connectivity index (χ0n) is 13.7. The van der Waals surface area contributed by atoms with Gasteiger partial charge < -0.3 is 10.2 Å². The molecule has 2 rings (SSSR count). The summed E-state index contributed by atoms with van der Waals surface area (Å²) < 4.78 is 0. The maximum Gasteiger partial charge on any atom is 0.244 e. The number of rotatable bonds is 6. The van der Waals surface area contributed by atoms with Crippen LogP contribution in [0.25, 0.3) is 0 Å². The number of hydrogen-bond donors (Lipinski definition) is 1. The van der Waals surface area contributed by atoms with Crippen LogP contribution in [0, 0.1) is 5.92 Å². The Morgan fingerprint density at radius 2 is 2.08 bits per heavy atom.